The van der Waals surface area contributed by atoms with Crippen LogP contribution in [0, 0.1) is 0 Å². The molecule has 0 unspecified atom stereocenters. The second-order valence-corrected chi connectivity index (χ2v) is 9.16. The van der Waals surface area contributed by atoms with E-state index in [0.717, 1.165) is 10.6 Å². The summed E-state index contributed by atoms with van der Waals surface area (Å²) in [6.07, 6.45) is 0. The Balaban J connectivity index is 2.91. The normalized spacial score (nSPS) is 12.2. The standard InChI is InChI=1S/C11H19N2O2PS/c1-12(2)16(14,13(3)4)17-11-8-6-10(15-5)7-9-11/h6-9H,1-5H3. The lowest BCUT2D eigenvalue weighted by Crippen LogP contribution is -2.18. The molecule has 0 saturated carbocycles. The zero-order valence-electron chi connectivity index (χ0n) is 10.9. The van der Waals surface area contributed by atoms with Crippen LogP contribution in [0.15, 0.2) is 29.2 Å². The molecule has 0 spiro atoms. The van der Waals surface area contributed by atoms with Crippen molar-refractivity contribution in [1.29, 1.82) is 0 Å². The Labute approximate surface area is 107 Å². The minimum absolute atomic E-state index is 0.805. The largest absolute Gasteiger partial charge is 0.497 e. The SMILES string of the molecule is COc1ccc(SP(=O)(N(C)C)N(C)C)cc1. The fourth-order valence-corrected chi connectivity index (χ4v) is 5.04. The molecule has 0 aliphatic rings. The van der Waals surface area contributed by atoms with Crippen LogP contribution >= 0.6 is 18.0 Å². The predicted molar refractivity (Wildman–Crippen MR) is 73.8 cm³/mol. The minimum atomic E-state index is -2.57. The van der Waals surface area contributed by atoms with Crippen molar-refractivity contribution in [2.75, 3.05) is 35.3 Å². The maximum atomic E-state index is 12.7. The molecule has 0 N–H and O–H groups in total. The molecular weight excluding hydrogens is 255 g/mol. The van der Waals surface area contributed by atoms with Crippen molar-refractivity contribution in [3.05, 3.63) is 24.3 Å². The van der Waals surface area contributed by atoms with E-state index in [1.54, 1.807) is 16.5 Å². The molecule has 96 valence electrons. The van der Waals surface area contributed by atoms with Gasteiger partial charge in [0.15, 0.2) is 0 Å². The van der Waals surface area contributed by atoms with E-state index in [0.29, 0.717) is 0 Å². The molecule has 0 aromatic heterocycles. The summed E-state index contributed by atoms with van der Waals surface area (Å²) in [5.41, 5.74) is 0. The maximum absolute atomic E-state index is 12.7. The predicted octanol–water partition coefficient (Wildman–Crippen LogP) is 3.02. The molecule has 0 amide bonds. The molecule has 4 nitrogen and oxygen atoms in total. The topological polar surface area (TPSA) is 32.8 Å². The number of ether oxygens (including phenoxy) is 1. The lowest BCUT2D eigenvalue weighted by atomic mass is 10.3. The summed E-state index contributed by atoms with van der Waals surface area (Å²) in [4.78, 5) is 0.969. The van der Waals surface area contributed by atoms with Crippen LogP contribution in [-0.2, 0) is 4.57 Å². The van der Waals surface area contributed by atoms with E-state index in [9.17, 15) is 4.57 Å². The van der Waals surface area contributed by atoms with Crippen LogP contribution in [0.2, 0.25) is 0 Å². The molecule has 0 bridgehead atoms. The quantitative estimate of drug-likeness (QED) is 0.771. The highest BCUT2D eigenvalue weighted by molar-refractivity contribution is 8.56. The highest BCUT2D eigenvalue weighted by Crippen LogP contribution is 2.64. The summed E-state index contributed by atoms with van der Waals surface area (Å²) in [6, 6.07) is 7.59. The molecule has 17 heavy (non-hydrogen) atoms. The number of benzene rings is 1. The van der Waals surface area contributed by atoms with Gasteiger partial charge in [-0.3, -0.25) is 4.57 Å². The number of hydrogen-bond donors (Lipinski definition) is 0. The Kier molecular flexibility index (Phi) is 5.07. The first kappa shape index (κ1) is 14.6. The summed E-state index contributed by atoms with van der Waals surface area (Å²) in [6.45, 7) is -2.57. The first-order valence-corrected chi connectivity index (χ1v) is 8.23. The monoisotopic (exact) mass is 274 g/mol. The maximum Gasteiger partial charge on any atom is 0.275 e. The lowest BCUT2D eigenvalue weighted by molar-refractivity contribution is 0.414. The van der Waals surface area contributed by atoms with E-state index in [4.69, 9.17) is 4.74 Å². The smallest absolute Gasteiger partial charge is 0.275 e. The number of methoxy groups -OCH3 is 1. The van der Waals surface area contributed by atoms with E-state index in [2.05, 4.69) is 0 Å². The van der Waals surface area contributed by atoms with Crippen molar-refractivity contribution in [3.8, 4) is 5.75 Å². The third kappa shape index (κ3) is 3.49. The van der Waals surface area contributed by atoms with Gasteiger partial charge >= 0.3 is 0 Å². The average Bonchev–Trinajstić information content (AvgIpc) is 2.29. The van der Waals surface area contributed by atoms with Gasteiger partial charge in [0.05, 0.1) is 7.11 Å². The molecule has 0 atom stereocenters. The zero-order valence-corrected chi connectivity index (χ0v) is 12.6. The van der Waals surface area contributed by atoms with Gasteiger partial charge in [0.1, 0.15) is 5.75 Å². The van der Waals surface area contributed by atoms with Gasteiger partial charge in [-0.1, -0.05) is 0 Å². The summed E-state index contributed by atoms with van der Waals surface area (Å²) >= 11 is 1.38. The summed E-state index contributed by atoms with van der Waals surface area (Å²) in [5, 5.41) is 0. The molecule has 0 aliphatic heterocycles. The number of nitrogens with zero attached hydrogens (tertiary/aromatic N) is 2. The first-order chi connectivity index (χ1) is 7.90. The molecule has 0 aliphatic carbocycles. The fourth-order valence-electron chi connectivity index (χ4n) is 1.29. The Morgan fingerprint density at radius 3 is 1.88 bits per heavy atom. The van der Waals surface area contributed by atoms with E-state index >= 15 is 0 Å². The van der Waals surface area contributed by atoms with E-state index in [1.807, 2.05) is 52.5 Å². The van der Waals surface area contributed by atoms with Crippen LogP contribution in [0.25, 0.3) is 0 Å². The fraction of sp³-hybridized carbons (Fsp3) is 0.455. The van der Waals surface area contributed by atoms with Crippen LogP contribution in [0.3, 0.4) is 0 Å². The Morgan fingerprint density at radius 1 is 1.06 bits per heavy atom. The van der Waals surface area contributed by atoms with Crippen LogP contribution in [-0.4, -0.2) is 44.6 Å². The Morgan fingerprint density at radius 2 is 1.53 bits per heavy atom. The summed E-state index contributed by atoms with van der Waals surface area (Å²) in [7, 11) is 8.95. The van der Waals surface area contributed by atoms with Crippen molar-refractivity contribution in [3.63, 3.8) is 0 Å². The molecule has 6 heteroatoms. The molecule has 1 rings (SSSR count). The molecule has 1 aromatic rings. The summed E-state index contributed by atoms with van der Waals surface area (Å²) < 4.78 is 21.3. The number of rotatable bonds is 5. The van der Waals surface area contributed by atoms with E-state index in [1.165, 1.54) is 11.4 Å². The van der Waals surface area contributed by atoms with Gasteiger partial charge in [-0.05, 0) is 63.8 Å². The van der Waals surface area contributed by atoms with Crippen LogP contribution in [0.1, 0.15) is 0 Å². The Bertz CT molecular complexity index is 394. The minimum Gasteiger partial charge on any atom is -0.497 e. The summed E-state index contributed by atoms with van der Waals surface area (Å²) in [5.74, 6) is 0.805. The molecule has 0 saturated heterocycles. The van der Waals surface area contributed by atoms with Crippen molar-refractivity contribution in [2.45, 2.75) is 4.90 Å². The second-order valence-electron chi connectivity index (χ2n) is 3.95. The average molecular weight is 274 g/mol. The van der Waals surface area contributed by atoms with E-state index in [-0.39, 0.29) is 0 Å². The third-order valence-electron chi connectivity index (χ3n) is 2.29. The first-order valence-electron chi connectivity index (χ1n) is 5.19. The highest BCUT2D eigenvalue weighted by atomic mass is 32.7. The highest BCUT2D eigenvalue weighted by Gasteiger charge is 2.29. The van der Waals surface area contributed by atoms with Gasteiger partial charge in [0.25, 0.3) is 6.65 Å². The lowest BCUT2D eigenvalue weighted by Gasteiger charge is -2.29. The molecule has 0 radical (unpaired) electrons. The molecule has 1 aromatic carbocycles. The second kappa shape index (κ2) is 5.91. The van der Waals surface area contributed by atoms with E-state index < -0.39 is 6.65 Å². The number of hydrogen-bond acceptors (Lipinski definition) is 3. The van der Waals surface area contributed by atoms with Crippen molar-refractivity contribution < 1.29 is 9.30 Å². The zero-order chi connectivity index (χ0) is 13.1. The molecular formula is C11H19N2O2PS. The Hall–Kier alpha value is -0.480. The van der Waals surface area contributed by atoms with Gasteiger partial charge in [-0.2, -0.15) is 0 Å². The molecule has 0 heterocycles. The third-order valence-corrected chi connectivity index (χ3v) is 8.34. The van der Waals surface area contributed by atoms with Crippen LogP contribution < -0.4 is 4.74 Å². The molecule has 0 fully saturated rings. The van der Waals surface area contributed by atoms with Crippen molar-refractivity contribution in [2.24, 2.45) is 0 Å². The van der Waals surface area contributed by atoms with Gasteiger partial charge < -0.3 is 4.74 Å². The van der Waals surface area contributed by atoms with Crippen LogP contribution in [0.4, 0.5) is 0 Å². The van der Waals surface area contributed by atoms with Crippen molar-refractivity contribution in [1.82, 2.24) is 9.34 Å². The van der Waals surface area contributed by atoms with Crippen LogP contribution in [0.5, 0.6) is 5.75 Å². The van der Waals surface area contributed by atoms with Gasteiger partial charge in [-0.25, -0.2) is 9.34 Å². The van der Waals surface area contributed by atoms with Crippen molar-refractivity contribution >= 4 is 18.0 Å². The van der Waals surface area contributed by atoms with Gasteiger partial charge in [0, 0.05) is 4.90 Å². The van der Waals surface area contributed by atoms with Gasteiger partial charge in [-0.15, -0.1) is 0 Å². The van der Waals surface area contributed by atoms with Gasteiger partial charge in [0.2, 0.25) is 0 Å².